The van der Waals surface area contributed by atoms with Crippen LogP contribution < -0.4 is 15.4 Å². The molecule has 3 aromatic heterocycles. The molecule has 1 aromatic carbocycles. The van der Waals surface area contributed by atoms with Crippen molar-refractivity contribution in [1.29, 1.82) is 0 Å². The minimum absolute atomic E-state index is 0.135. The fourth-order valence-corrected chi connectivity index (χ4v) is 4.01. The molecule has 10 heteroatoms. The van der Waals surface area contributed by atoms with Gasteiger partial charge in [0.25, 0.3) is 5.91 Å². The second-order valence-electron chi connectivity index (χ2n) is 7.52. The van der Waals surface area contributed by atoms with Crippen molar-refractivity contribution < 1.29 is 18.7 Å². The molecule has 0 spiro atoms. The van der Waals surface area contributed by atoms with Gasteiger partial charge < -0.3 is 24.7 Å². The van der Waals surface area contributed by atoms with E-state index in [-0.39, 0.29) is 37.0 Å². The summed E-state index contributed by atoms with van der Waals surface area (Å²) in [6, 6.07) is 16.5. The molecule has 0 bridgehead atoms. The number of nitrogens with zero attached hydrogens (tertiary/aromatic N) is 3. The molecule has 0 aliphatic rings. The van der Waals surface area contributed by atoms with E-state index in [1.165, 1.54) is 11.3 Å². The Morgan fingerprint density at radius 2 is 1.97 bits per heavy atom. The summed E-state index contributed by atoms with van der Waals surface area (Å²) in [5.41, 5.74) is 1.80. The lowest BCUT2D eigenvalue weighted by Gasteiger charge is -2.20. The number of methoxy groups -OCH3 is 1. The van der Waals surface area contributed by atoms with Crippen LogP contribution in [-0.4, -0.2) is 40.3 Å². The number of aromatic nitrogens is 2. The number of hydrogen-bond acceptors (Lipinski definition) is 8. The van der Waals surface area contributed by atoms with E-state index in [0.29, 0.717) is 23.2 Å². The number of amides is 2. The molecule has 2 amide bonds. The average molecular weight is 492 g/mol. The van der Waals surface area contributed by atoms with E-state index in [9.17, 15) is 9.59 Å². The predicted molar refractivity (Wildman–Crippen MR) is 133 cm³/mol. The van der Waals surface area contributed by atoms with Crippen molar-refractivity contribution in [3.8, 4) is 5.75 Å². The van der Waals surface area contributed by atoms with Crippen molar-refractivity contribution >= 4 is 34.0 Å². The predicted octanol–water partition coefficient (Wildman–Crippen LogP) is 4.23. The molecule has 0 saturated heterocycles. The van der Waals surface area contributed by atoms with Crippen LogP contribution in [0.15, 0.2) is 76.9 Å². The van der Waals surface area contributed by atoms with E-state index >= 15 is 0 Å². The maximum absolute atomic E-state index is 13.3. The number of benzene rings is 1. The number of rotatable bonds is 11. The Balaban J connectivity index is 1.40. The Morgan fingerprint density at radius 1 is 1.11 bits per heavy atom. The standard InChI is InChI=1S/C25H25N5O4S/c1-33-22-10-3-2-9-20(22)28-25-29-21(17-35-25)24(32)30(16-19-8-6-14-34-19)13-11-23(31)27-15-18-7-4-5-12-26-18/h2-10,12,14,17H,11,13,15-16H2,1H3,(H,27,31)(H,28,29). The quantitative estimate of drug-likeness (QED) is 0.323. The van der Waals surface area contributed by atoms with Gasteiger partial charge in [-0.2, -0.15) is 0 Å². The summed E-state index contributed by atoms with van der Waals surface area (Å²) in [5.74, 6) is 0.828. The lowest BCUT2D eigenvalue weighted by molar-refractivity contribution is -0.121. The Labute approximate surface area is 206 Å². The van der Waals surface area contributed by atoms with E-state index in [4.69, 9.17) is 9.15 Å². The first-order chi connectivity index (χ1) is 17.1. The number of thiazole rings is 1. The fraction of sp³-hybridized carbons (Fsp3) is 0.200. The van der Waals surface area contributed by atoms with Gasteiger partial charge in [0.05, 0.1) is 37.8 Å². The van der Waals surface area contributed by atoms with Crippen LogP contribution in [0.4, 0.5) is 10.8 Å². The highest BCUT2D eigenvalue weighted by Crippen LogP contribution is 2.29. The van der Waals surface area contributed by atoms with Gasteiger partial charge in [-0.3, -0.25) is 14.6 Å². The maximum Gasteiger partial charge on any atom is 0.273 e. The Kier molecular flexibility index (Phi) is 8.08. The smallest absolute Gasteiger partial charge is 0.273 e. The zero-order valence-electron chi connectivity index (χ0n) is 19.1. The van der Waals surface area contributed by atoms with Crippen LogP contribution in [0.2, 0.25) is 0 Å². The molecule has 0 fully saturated rings. The van der Waals surface area contributed by atoms with Crippen molar-refractivity contribution in [3.63, 3.8) is 0 Å². The summed E-state index contributed by atoms with van der Waals surface area (Å²) in [6.45, 7) is 0.766. The molecular formula is C25H25N5O4S. The number of carbonyl (C=O) groups excluding carboxylic acids is 2. The molecular weight excluding hydrogens is 466 g/mol. The van der Waals surface area contributed by atoms with Crippen LogP contribution in [0.25, 0.3) is 0 Å². The van der Waals surface area contributed by atoms with Crippen LogP contribution in [0, 0.1) is 0 Å². The van der Waals surface area contributed by atoms with Gasteiger partial charge in [-0.1, -0.05) is 18.2 Å². The van der Waals surface area contributed by atoms with Gasteiger partial charge in [-0.25, -0.2) is 4.98 Å². The molecule has 35 heavy (non-hydrogen) atoms. The van der Waals surface area contributed by atoms with E-state index in [0.717, 1.165) is 11.4 Å². The summed E-state index contributed by atoms with van der Waals surface area (Å²) in [5, 5.41) is 8.27. The number of anilines is 2. The molecule has 0 atom stereocenters. The molecule has 180 valence electrons. The topological polar surface area (TPSA) is 110 Å². The minimum atomic E-state index is -0.289. The largest absolute Gasteiger partial charge is 0.495 e. The monoisotopic (exact) mass is 491 g/mol. The molecule has 4 aromatic rings. The molecule has 0 aliphatic heterocycles. The molecule has 0 saturated carbocycles. The SMILES string of the molecule is COc1ccccc1Nc1nc(C(=O)N(CCC(=O)NCc2ccccn2)Cc2ccco2)cs1. The number of ether oxygens (including phenoxy) is 1. The summed E-state index contributed by atoms with van der Waals surface area (Å²) in [6.07, 6.45) is 3.36. The van der Waals surface area contributed by atoms with E-state index < -0.39 is 0 Å². The van der Waals surface area contributed by atoms with Gasteiger partial charge in [-0.05, 0) is 36.4 Å². The number of nitrogens with one attached hydrogen (secondary N) is 2. The lowest BCUT2D eigenvalue weighted by Crippen LogP contribution is -2.35. The Hall–Kier alpha value is -4.18. The van der Waals surface area contributed by atoms with Gasteiger partial charge in [0.1, 0.15) is 17.2 Å². The molecule has 3 heterocycles. The van der Waals surface area contributed by atoms with Gasteiger partial charge >= 0.3 is 0 Å². The second kappa shape index (κ2) is 11.8. The molecule has 0 radical (unpaired) electrons. The number of pyridine rings is 1. The van der Waals surface area contributed by atoms with E-state index in [1.807, 2.05) is 42.5 Å². The van der Waals surface area contributed by atoms with E-state index in [1.54, 1.807) is 42.0 Å². The van der Waals surface area contributed by atoms with Crippen molar-refractivity contribution in [2.75, 3.05) is 19.0 Å². The molecule has 0 unspecified atom stereocenters. The molecule has 0 aliphatic carbocycles. The zero-order chi connectivity index (χ0) is 24.5. The maximum atomic E-state index is 13.3. The fourth-order valence-electron chi connectivity index (χ4n) is 3.31. The van der Waals surface area contributed by atoms with E-state index in [2.05, 4.69) is 20.6 Å². The van der Waals surface area contributed by atoms with Gasteiger partial charge in [-0.15, -0.1) is 11.3 Å². The highest BCUT2D eigenvalue weighted by Gasteiger charge is 2.21. The first-order valence-electron chi connectivity index (χ1n) is 11.0. The first kappa shape index (κ1) is 24.0. The van der Waals surface area contributed by atoms with Crippen LogP contribution in [0.5, 0.6) is 5.75 Å². The highest BCUT2D eigenvalue weighted by molar-refractivity contribution is 7.14. The molecule has 9 nitrogen and oxygen atoms in total. The van der Waals surface area contributed by atoms with Crippen molar-refractivity contribution in [3.05, 3.63) is 89.6 Å². The van der Waals surface area contributed by atoms with Crippen LogP contribution in [0.3, 0.4) is 0 Å². The summed E-state index contributed by atoms with van der Waals surface area (Å²) < 4.78 is 10.8. The molecule has 2 N–H and O–H groups in total. The second-order valence-corrected chi connectivity index (χ2v) is 8.38. The number of hydrogen-bond donors (Lipinski definition) is 2. The average Bonchev–Trinajstić information content (AvgIpc) is 3.58. The summed E-state index contributed by atoms with van der Waals surface area (Å²) in [7, 11) is 1.59. The van der Waals surface area contributed by atoms with Crippen LogP contribution >= 0.6 is 11.3 Å². The number of para-hydroxylation sites is 2. The van der Waals surface area contributed by atoms with Crippen LogP contribution in [0.1, 0.15) is 28.4 Å². The van der Waals surface area contributed by atoms with Gasteiger partial charge in [0.15, 0.2) is 5.13 Å². The number of furan rings is 1. The Morgan fingerprint density at radius 3 is 2.74 bits per heavy atom. The van der Waals surface area contributed by atoms with Gasteiger partial charge in [0.2, 0.25) is 5.91 Å². The van der Waals surface area contributed by atoms with Crippen molar-refractivity contribution in [1.82, 2.24) is 20.2 Å². The van der Waals surface area contributed by atoms with Crippen molar-refractivity contribution in [2.45, 2.75) is 19.5 Å². The summed E-state index contributed by atoms with van der Waals surface area (Å²) >= 11 is 1.31. The zero-order valence-corrected chi connectivity index (χ0v) is 20.0. The first-order valence-corrected chi connectivity index (χ1v) is 11.8. The summed E-state index contributed by atoms with van der Waals surface area (Å²) in [4.78, 5) is 35.9. The van der Waals surface area contributed by atoms with Gasteiger partial charge in [0, 0.05) is 24.5 Å². The van der Waals surface area contributed by atoms with Crippen molar-refractivity contribution in [2.24, 2.45) is 0 Å². The third kappa shape index (κ3) is 6.67. The third-order valence-corrected chi connectivity index (χ3v) is 5.85. The lowest BCUT2D eigenvalue weighted by atomic mass is 10.3. The Bertz CT molecular complexity index is 1240. The third-order valence-electron chi connectivity index (χ3n) is 5.09. The van der Waals surface area contributed by atoms with Crippen LogP contribution in [-0.2, 0) is 17.9 Å². The highest BCUT2D eigenvalue weighted by atomic mass is 32.1. The molecule has 4 rings (SSSR count). The normalized spacial score (nSPS) is 10.5. The minimum Gasteiger partial charge on any atom is -0.495 e. The number of carbonyl (C=O) groups is 2.